The van der Waals surface area contributed by atoms with Gasteiger partial charge in [-0.25, -0.2) is 4.39 Å². The Balaban J connectivity index is 1.93. The number of nitrogens with one attached hydrogen (secondary N) is 1. The van der Waals surface area contributed by atoms with Crippen molar-refractivity contribution in [3.63, 3.8) is 0 Å². The zero-order chi connectivity index (χ0) is 13.4. The zero-order valence-electron chi connectivity index (χ0n) is 10.5. The minimum Gasteiger partial charge on any atom is -0.448 e. The summed E-state index contributed by atoms with van der Waals surface area (Å²) in [5, 5.41) is 3.47. The topological polar surface area (TPSA) is 51.5 Å². The van der Waals surface area contributed by atoms with E-state index in [1.54, 1.807) is 19.1 Å². The maximum Gasteiger partial charge on any atom is 0.287 e. The smallest absolute Gasteiger partial charge is 0.287 e. The second kappa shape index (κ2) is 4.66. The SMILES string of the molecule is Cc1c(C(=O)NC2CCOC2)oc2c(F)cccc12. The van der Waals surface area contributed by atoms with Gasteiger partial charge in [0.05, 0.1) is 12.6 Å². The van der Waals surface area contributed by atoms with E-state index in [9.17, 15) is 9.18 Å². The van der Waals surface area contributed by atoms with E-state index in [2.05, 4.69) is 5.32 Å². The van der Waals surface area contributed by atoms with Gasteiger partial charge in [0.25, 0.3) is 5.91 Å². The average Bonchev–Trinajstić information content (AvgIpc) is 2.99. The predicted octanol–water partition coefficient (Wildman–Crippen LogP) is 2.40. The third-order valence-electron chi connectivity index (χ3n) is 3.39. The lowest BCUT2D eigenvalue weighted by atomic mass is 10.1. The molecule has 1 fully saturated rings. The van der Waals surface area contributed by atoms with Crippen LogP contribution in [0.2, 0.25) is 0 Å². The Labute approximate surface area is 109 Å². The first-order valence-corrected chi connectivity index (χ1v) is 6.23. The fourth-order valence-corrected chi connectivity index (χ4v) is 2.32. The Hall–Kier alpha value is -1.88. The van der Waals surface area contributed by atoms with Crippen LogP contribution in [0, 0.1) is 12.7 Å². The highest BCUT2D eigenvalue weighted by molar-refractivity contribution is 5.99. The number of para-hydroxylation sites is 1. The molecule has 0 bridgehead atoms. The summed E-state index contributed by atoms with van der Waals surface area (Å²) in [5.41, 5.74) is 0.790. The zero-order valence-corrected chi connectivity index (χ0v) is 10.5. The molecule has 0 saturated carbocycles. The molecule has 0 aliphatic carbocycles. The molecule has 4 nitrogen and oxygen atoms in total. The third-order valence-corrected chi connectivity index (χ3v) is 3.39. The first-order chi connectivity index (χ1) is 9.16. The van der Waals surface area contributed by atoms with E-state index >= 15 is 0 Å². The van der Waals surface area contributed by atoms with Crippen molar-refractivity contribution < 1.29 is 18.3 Å². The maximum atomic E-state index is 13.6. The Bertz CT molecular complexity index is 629. The van der Waals surface area contributed by atoms with Crippen molar-refractivity contribution in [1.82, 2.24) is 5.32 Å². The van der Waals surface area contributed by atoms with E-state index in [1.165, 1.54) is 6.07 Å². The molecule has 19 heavy (non-hydrogen) atoms. The van der Waals surface area contributed by atoms with Crippen LogP contribution in [-0.4, -0.2) is 25.2 Å². The van der Waals surface area contributed by atoms with Crippen LogP contribution in [0.5, 0.6) is 0 Å². The fraction of sp³-hybridized carbons (Fsp3) is 0.357. The third kappa shape index (κ3) is 2.10. The number of hydrogen-bond donors (Lipinski definition) is 1. The number of furan rings is 1. The van der Waals surface area contributed by atoms with Gasteiger partial charge >= 0.3 is 0 Å². The summed E-state index contributed by atoms with van der Waals surface area (Å²) >= 11 is 0. The highest BCUT2D eigenvalue weighted by Gasteiger charge is 2.23. The molecule has 0 spiro atoms. The van der Waals surface area contributed by atoms with E-state index in [0.29, 0.717) is 24.2 Å². The lowest BCUT2D eigenvalue weighted by Crippen LogP contribution is -2.35. The molecule has 2 aromatic rings. The van der Waals surface area contributed by atoms with Crippen molar-refractivity contribution in [2.75, 3.05) is 13.2 Å². The summed E-state index contributed by atoms with van der Waals surface area (Å²) in [7, 11) is 0. The van der Waals surface area contributed by atoms with Gasteiger partial charge in [0.15, 0.2) is 17.2 Å². The summed E-state index contributed by atoms with van der Waals surface area (Å²) in [4.78, 5) is 12.1. The van der Waals surface area contributed by atoms with Gasteiger partial charge in [0.1, 0.15) is 0 Å². The number of carbonyl (C=O) groups excluding carboxylic acids is 1. The van der Waals surface area contributed by atoms with Crippen LogP contribution in [-0.2, 0) is 4.74 Å². The van der Waals surface area contributed by atoms with Gasteiger partial charge in [-0.3, -0.25) is 4.79 Å². The quantitative estimate of drug-likeness (QED) is 0.905. The molecule has 1 N–H and O–H groups in total. The van der Waals surface area contributed by atoms with Gasteiger partial charge in [0.2, 0.25) is 0 Å². The van der Waals surface area contributed by atoms with Crippen molar-refractivity contribution in [3.8, 4) is 0 Å². The Morgan fingerprint density at radius 3 is 3.00 bits per heavy atom. The van der Waals surface area contributed by atoms with E-state index < -0.39 is 5.82 Å². The van der Waals surface area contributed by atoms with Crippen LogP contribution in [0.15, 0.2) is 22.6 Å². The number of rotatable bonds is 2. The van der Waals surface area contributed by atoms with Crippen LogP contribution < -0.4 is 5.32 Å². The lowest BCUT2D eigenvalue weighted by molar-refractivity contribution is 0.0903. The number of amides is 1. The van der Waals surface area contributed by atoms with E-state index in [1.807, 2.05) is 0 Å². The predicted molar refractivity (Wildman–Crippen MR) is 67.6 cm³/mol. The van der Waals surface area contributed by atoms with Crippen LogP contribution in [0.4, 0.5) is 4.39 Å². The molecule has 1 aromatic carbocycles. The second-order valence-electron chi connectivity index (χ2n) is 4.71. The van der Waals surface area contributed by atoms with E-state index in [0.717, 1.165) is 6.42 Å². The number of hydrogen-bond acceptors (Lipinski definition) is 3. The molecule has 0 radical (unpaired) electrons. The van der Waals surface area contributed by atoms with Gasteiger partial charge in [-0.15, -0.1) is 0 Å². The van der Waals surface area contributed by atoms with Gasteiger partial charge in [-0.2, -0.15) is 0 Å². The lowest BCUT2D eigenvalue weighted by Gasteiger charge is -2.09. The van der Waals surface area contributed by atoms with Gasteiger partial charge in [-0.1, -0.05) is 12.1 Å². The Morgan fingerprint density at radius 2 is 2.32 bits per heavy atom. The Morgan fingerprint density at radius 1 is 1.47 bits per heavy atom. The molecule has 1 unspecified atom stereocenters. The fourth-order valence-electron chi connectivity index (χ4n) is 2.32. The summed E-state index contributed by atoms with van der Waals surface area (Å²) in [5.74, 6) is -0.598. The molecule has 100 valence electrons. The number of ether oxygens (including phenoxy) is 1. The summed E-state index contributed by atoms with van der Waals surface area (Å²) in [6.45, 7) is 2.92. The molecule has 1 aliphatic heterocycles. The number of carbonyl (C=O) groups is 1. The van der Waals surface area contributed by atoms with Crippen LogP contribution in [0.3, 0.4) is 0 Å². The van der Waals surface area contributed by atoms with Crippen LogP contribution in [0.1, 0.15) is 22.5 Å². The van der Waals surface area contributed by atoms with Crippen molar-refractivity contribution >= 4 is 16.9 Å². The summed E-state index contributed by atoms with van der Waals surface area (Å²) in [6, 6.07) is 4.67. The van der Waals surface area contributed by atoms with Crippen LogP contribution >= 0.6 is 0 Å². The molecular formula is C14H14FNO3. The number of halogens is 1. The molecule has 1 atom stereocenters. The van der Waals surface area contributed by atoms with Crippen molar-refractivity contribution in [1.29, 1.82) is 0 Å². The minimum atomic E-state index is -0.455. The Kier molecular flexibility index (Phi) is 2.98. The second-order valence-corrected chi connectivity index (χ2v) is 4.71. The van der Waals surface area contributed by atoms with Crippen molar-refractivity contribution in [3.05, 3.63) is 35.3 Å². The molecule has 1 aliphatic rings. The normalized spacial score (nSPS) is 18.9. The molecule has 5 heteroatoms. The highest BCUT2D eigenvalue weighted by atomic mass is 19.1. The number of aryl methyl sites for hydroxylation is 1. The number of fused-ring (bicyclic) bond motifs is 1. The van der Waals surface area contributed by atoms with Gasteiger partial charge in [0, 0.05) is 17.6 Å². The van der Waals surface area contributed by atoms with E-state index in [4.69, 9.17) is 9.15 Å². The average molecular weight is 263 g/mol. The molecule has 1 saturated heterocycles. The van der Waals surface area contributed by atoms with Crippen molar-refractivity contribution in [2.45, 2.75) is 19.4 Å². The molecule has 3 rings (SSSR count). The van der Waals surface area contributed by atoms with E-state index in [-0.39, 0.29) is 23.3 Å². The number of benzene rings is 1. The standard InChI is InChI=1S/C14H14FNO3/c1-8-10-3-2-4-11(15)13(10)19-12(8)14(17)16-9-5-6-18-7-9/h2-4,9H,5-7H2,1H3,(H,16,17). The van der Waals surface area contributed by atoms with Gasteiger partial charge in [-0.05, 0) is 19.4 Å². The van der Waals surface area contributed by atoms with Gasteiger partial charge < -0.3 is 14.5 Å². The van der Waals surface area contributed by atoms with Crippen LogP contribution in [0.25, 0.3) is 11.0 Å². The monoisotopic (exact) mass is 263 g/mol. The molecular weight excluding hydrogens is 249 g/mol. The first kappa shape index (κ1) is 12.2. The summed E-state index contributed by atoms with van der Waals surface area (Å²) < 4.78 is 24.2. The molecule has 1 amide bonds. The molecule has 1 aromatic heterocycles. The summed E-state index contributed by atoms with van der Waals surface area (Å²) in [6.07, 6.45) is 0.791. The highest BCUT2D eigenvalue weighted by Crippen LogP contribution is 2.27. The molecule has 2 heterocycles. The van der Waals surface area contributed by atoms with Crippen molar-refractivity contribution in [2.24, 2.45) is 0 Å². The minimum absolute atomic E-state index is 0.00459. The first-order valence-electron chi connectivity index (χ1n) is 6.23. The largest absolute Gasteiger partial charge is 0.448 e. The maximum absolute atomic E-state index is 13.6.